The molecule has 0 saturated carbocycles. The van der Waals surface area contributed by atoms with Crippen molar-refractivity contribution in [2.45, 2.75) is 6.92 Å². The number of carbonyl (C=O) groups is 1. The van der Waals surface area contributed by atoms with Gasteiger partial charge in [-0.1, -0.05) is 39.3 Å². The Balaban J connectivity index is 2.34. The van der Waals surface area contributed by atoms with Crippen molar-refractivity contribution in [3.8, 4) is 0 Å². The van der Waals surface area contributed by atoms with Gasteiger partial charge in [-0.05, 0) is 31.2 Å². The van der Waals surface area contributed by atoms with E-state index in [4.69, 9.17) is 5.21 Å². The van der Waals surface area contributed by atoms with E-state index in [1.165, 1.54) is 18.2 Å². The molecule has 0 saturated heterocycles. The number of oxime groups is 1. The van der Waals surface area contributed by atoms with Crippen LogP contribution in [0.3, 0.4) is 0 Å². The van der Waals surface area contributed by atoms with E-state index in [-0.39, 0.29) is 5.56 Å². The Morgan fingerprint density at radius 2 is 1.95 bits per heavy atom. The molecule has 21 heavy (non-hydrogen) atoms. The number of hydrogen-bond acceptors (Lipinski definition) is 3. The third-order valence-electron chi connectivity index (χ3n) is 2.89. The van der Waals surface area contributed by atoms with Crippen molar-refractivity contribution in [1.82, 2.24) is 0 Å². The van der Waals surface area contributed by atoms with Crippen LogP contribution in [0.15, 0.2) is 52.1 Å². The lowest BCUT2D eigenvalue weighted by atomic mass is 10.1. The predicted molar refractivity (Wildman–Crippen MR) is 82.5 cm³/mol. The Morgan fingerprint density at radius 3 is 2.67 bits per heavy atom. The second kappa shape index (κ2) is 6.49. The molecule has 4 nitrogen and oxygen atoms in total. The van der Waals surface area contributed by atoms with E-state index >= 15 is 0 Å². The van der Waals surface area contributed by atoms with Gasteiger partial charge in [-0.3, -0.25) is 4.79 Å². The first-order chi connectivity index (χ1) is 10.0. The minimum Gasteiger partial charge on any atom is -0.411 e. The van der Waals surface area contributed by atoms with Gasteiger partial charge in [-0.15, -0.1) is 0 Å². The predicted octanol–water partition coefficient (Wildman–Crippen LogP) is 4.04. The van der Waals surface area contributed by atoms with Crippen molar-refractivity contribution in [1.29, 1.82) is 0 Å². The first-order valence-electron chi connectivity index (χ1n) is 6.07. The number of para-hydroxylation sites is 1. The van der Waals surface area contributed by atoms with Crippen molar-refractivity contribution in [3.05, 3.63) is 63.9 Å². The van der Waals surface area contributed by atoms with E-state index in [0.717, 1.165) is 0 Å². The van der Waals surface area contributed by atoms with Gasteiger partial charge in [0.15, 0.2) is 0 Å². The minimum absolute atomic E-state index is 0.0715. The number of benzene rings is 2. The van der Waals surface area contributed by atoms with Crippen LogP contribution in [0.2, 0.25) is 0 Å². The maximum Gasteiger partial charge on any atom is 0.258 e. The molecule has 0 aromatic heterocycles. The summed E-state index contributed by atoms with van der Waals surface area (Å²) in [7, 11) is 0. The average Bonchev–Trinajstić information content (AvgIpc) is 2.49. The van der Waals surface area contributed by atoms with Gasteiger partial charge in [-0.25, -0.2) is 4.39 Å². The Bertz CT molecular complexity index is 717. The monoisotopic (exact) mass is 350 g/mol. The number of rotatable bonds is 3. The molecule has 0 bridgehead atoms. The summed E-state index contributed by atoms with van der Waals surface area (Å²) in [5.74, 6) is -1.19. The highest BCUT2D eigenvalue weighted by Gasteiger charge is 2.14. The normalized spacial score (nSPS) is 11.3. The van der Waals surface area contributed by atoms with Crippen LogP contribution in [0.1, 0.15) is 22.8 Å². The summed E-state index contributed by atoms with van der Waals surface area (Å²) >= 11 is 3.20. The van der Waals surface area contributed by atoms with Crippen molar-refractivity contribution in [2.24, 2.45) is 5.16 Å². The van der Waals surface area contributed by atoms with Gasteiger partial charge in [0.05, 0.1) is 17.0 Å². The SMILES string of the molecule is C/C(=N\O)c1ccccc1NC(=O)c1cc(Br)ccc1F. The number of amides is 1. The van der Waals surface area contributed by atoms with Crippen LogP contribution in [0, 0.1) is 5.82 Å². The fourth-order valence-electron chi connectivity index (χ4n) is 1.82. The fraction of sp³-hybridized carbons (Fsp3) is 0.0667. The first-order valence-corrected chi connectivity index (χ1v) is 6.86. The maximum absolute atomic E-state index is 13.7. The van der Waals surface area contributed by atoms with Crippen molar-refractivity contribution in [3.63, 3.8) is 0 Å². The standard InChI is InChI=1S/C15H12BrFN2O2/c1-9(19-21)11-4-2-3-5-14(11)18-15(20)12-8-10(16)6-7-13(12)17/h2-8,21H,1H3,(H,18,20)/b19-9+. The number of nitrogens with one attached hydrogen (secondary N) is 1. The summed E-state index contributed by atoms with van der Waals surface area (Å²) in [5, 5.41) is 14.6. The average molecular weight is 351 g/mol. The van der Waals surface area contributed by atoms with E-state index < -0.39 is 11.7 Å². The van der Waals surface area contributed by atoms with Gasteiger partial charge in [0.25, 0.3) is 5.91 Å². The maximum atomic E-state index is 13.7. The second-order valence-corrected chi connectivity index (χ2v) is 5.22. The molecule has 2 aromatic carbocycles. The molecule has 0 heterocycles. The van der Waals surface area contributed by atoms with Gasteiger partial charge in [0.1, 0.15) is 5.82 Å². The highest BCUT2D eigenvalue weighted by Crippen LogP contribution is 2.20. The summed E-state index contributed by atoms with van der Waals surface area (Å²) in [4.78, 5) is 12.2. The molecule has 108 valence electrons. The molecular weight excluding hydrogens is 339 g/mol. The van der Waals surface area contributed by atoms with Gasteiger partial charge >= 0.3 is 0 Å². The molecule has 2 aromatic rings. The molecule has 0 aliphatic heterocycles. The highest BCUT2D eigenvalue weighted by molar-refractivity contribution is 9.10. The Morgan fingerprint density at radius 1 is 1.24 bits per heavy atom. The summed E-state index contributed by atoms with van der Waals surface area (Å²) in [5.41, 5.74) is 1.28. The zero-order valence-corrected chi connectivity index (χ0v) is 12.7. The summed E-state index contributed by atoms with van der Waals surface area (Å²) in [6, 6.07) is 11.0. The van der Waals surface area contributed by atoms with Crippen LogP contribution in [0.5, 0.6) is 0 Å². The van der Waals surface area contributed by atoms with Crippen LogP contribution in [0.25, 0.3) is 0 Å². The zero-order chi connectivity index (χ0) is 15.4. The topological polar surface area (TPSA) is 61.7 Å². The molecule has 1 amide bonds. The van der Waals surface area contributed by atoms with Gasteiger partial charge < -0.3 is 10.5 Å². The molecule has 0 aliphatic rings. The molecule has 2 rings (SSSR count). The van der Waals surface area contributed by atoms with Gasteiger partial charge in [-0.2, -0.15) is 0 Å². The van der Waals surface area contributed by atoms with Crippen molar-refractivity contribution < 1.29 is 14.4 Å². The molecule has 0 unspecified atom stereocenters. The third kappa shape index (κ3) is 3.46. The summed E-state index contributed by atoms with van der Waals surface area (Å²) in [6.45, 7) is 1.60. The molecule has 0 aliphatic carbocycles. The highest BCUT2D eigenvalue weighted by atomic mass is 79.9. The summed E-state index contributed by atoms with van der Waals surface area (Å²) in [6.07, 6.45) is 0. The second-order valence-electron chi connectivity index (χ2n) is 4.31. The molecule has 0 radical (unpaired) electrons. The van der Waals surface area contributed by atoms with Gasteiger partial charge in [0, 0.05) is 10.0 Å². The van der Waals surface area contributed by atoms with Crippen LogP contribution in [-0.4, -0.2) is 16.8 Å². The molecular formula is C15H12BrFN2O2. The quantitative estimate of drug-likeness (QED) is 0.498. The number of anilines is 1. The van der Waals surface area contributed by atoms with Crippen molar-refractivity contribution in [2.75, 3.05) is 5.32 Å². The lowest BCUT2D eigenvalue weighted by Gasteiger charge is -2.10. The van der Waals surface area contributed by atoms with E-state index in [1.807, 2.05) is 0 Å². The number of halogens is 2. The van der Waals surface area contributed by atoms with E-state index in [1.54, 1.807) is 31.2 Å². The zero-order valence-electron chi connectivity index (χ0n) is 11.1. The minimum atomic E-state index is -0.610. The Kier molecular flexibility index (Phi) is 4.70. The smallest absolute Gasteiger partial charge is 0.258 e. The van der Waals surface area contributed by atoms with Crippen LogP contribution in [-0.2, 0) is 0 Å². The van der Waals surface area contributed by atoms with E-state index in [0.29, 0.717) is 21.4 Å². The van der Waals surface area contributed by atoms with Crippen molar-refractivity contribution >= 4 is 33.2 Å². The van der Waals surface area contributed by atoms with Crippen LogP contribution in [0.4, 0.5) is 10.1 Å². The van der Waals surface area contributed by atoms with E-state index in [2.05, 4.69) is 26.4 Å². The molecule has 2 N–H and O–H groups in total. The molecule has 0 spiro atoms. The fourth-order valence-corrected chi connectivity index (χ4v) is 2.18. The first kappa shape index (κ1) is 15.2. The number of nitrogens with zero attached hydrogens (tertiary/aromatic N) is 1. The molecule has 6 heteroatoms. The van der Waals surface area contributed by atoms with Crippen LogP contribution >= 0.6 is 15.9 Å². The lowest BCUT2D eigenvalue weighted by molar-refractivity contribution is 0.102. The Labute approximate surface area is 129 Å². The molecule has 0 atom stereocenters. The number of hydrogen-bond donors (Lipinski definition) is 2. The Hall–Kier alpha value is -2.21. The van der Waals surface area contributed by atoms with Crippen LogP contribution < -0.4 is 5.32 Å². The summed E-state index contributed by atoms with van der Waals surface area (Å²) < 4.78 is 14.3. The van der Waals surface area contributed by atoms with E-state index in [9.17, 15) is 9.18 Å². The third-order valence-corrected chi connectivity index (χ3v) is 3.38. The lowest BCUT2D eigenvalue weighted by Crippen LogP contribution is -2.16. The molecule has 0 fully saturated rings. The largest absolute Gasteiger partial charge is 0.411 e. The van der Waals surface area contributed by atoms with Gasteiger partial charge in [0.2, 0.25) is 0 Å². The number of carbonyl (C=O) groups excluding carboxylic acids is 1.